The first-order valence-corrected chi connectivity index (χ1v) is 11.8. The Morgan fingerprint density at radius 1 is 1.03 bits per heavy atom. The molecule has 11 nitrogen and oxygen atoms in total. The number of carbonyl (C=O) groups is 1. The summed E-state index contributed by atoms with van der Waals surface area (Å²) >= 11 is 0.954. The highest BCUT2D eigenvalue weighted by atomic mass is 32.2. The van der Waals surface area contributed by atoms with E-state index in [1.165, 1.54) is 17.4 Å². The predicted molar refractivity (Wildman–Crippen MR) is 112 cm³/mol. The number of hydrogen-bond acceptors (Lipinski definition) is 10. The number of ether oxygens (including phenoxy) is 1. The Hall–Kier alpha value is -2.35. The monoisotopic (exact) mass is 453 g/mol. The maximum atomic E-state index is 12.9. The van der Waals surface area contributed by atoms with Crippen molar-refractivity contribution in [2.24, 2.45) is 0 Å². The minimum absolute atomic E-state index is 0.122. The second kappa shape index (κ2) is 8.79. The van der Waals surface area contributed by atoms with Crippen LogP contribution in [-0.4, -0.2) is 86.1 Å². The van der Waals surface area contributed by atoms with Crippen LogP contribution in [0.5, 0.6) is 0 Å². The summed E-state index contributed by atoms with van der Waals surface area (Å²) in [5, 5.41) is 2.79. The zero-order valence-electron chi connectivity index (χ0n) is 16.5. The second-order valence-electron chi connectivity index (χ2n) is 6.89. The Balaban J connectivity index is 1.41. The number of hydrogen-bond donors (Lipinski definition) is 1. The van der Waals surface area contributed by atoms with Gasteiger partial charge in [-0.05, 0) is 0 Å². The highest BCUT2D eigenvalue weighted by Crippen LogP contribution is 2.27. The zero-order valence-corrected chi connectivity index (χ0v) is 18.2. The fourth-order valence-corrected chi connectivity index (χ4v) is 6.00. The number of piperazine rings is 1. The lowest BCUT2D eigenvalue weighted by molar-refractivity contribution is -0.114. The zero-order chi connectivity index (χ0) is 21.1. The summed E-state index contributed by atoms with van der Waals surface area (Å²) in [6, 6.07) is 1.94. The average molecular weight is 454 g/mol. The highest BCUT2D eigenvalue weighted by Gasteiger charge is 2.31. The van der Waals surface area contributed by atoms with Crippen molar-refractivity contribution in [3.05, 3.63) is 18.6 Å². The van der Waals surface area contributed by atoms with Gasteiger partial charge < -0.3 is 19.9 Å². The van der Waals surface area contributed by atoms with Crippen LogP contribution in [0.25, 0.3) is 0 Å². The Morgan fingerprint density at radius 3 is 2.30 bits per heavy atom. The third-order valence-corrected chi connectivity index (χ3v) is 8.15. The molecule has 4 rings (SSSR count). The van der Waals surface area contributed by atoms with Crippen LogP contribution in [0.2, 0.25) is 0 Å². The molecule has 2 aromatic rings. The van der Waals surface area contributed by atoms with E-state index in [4.69, 9.17) is 4.74 Å². The summed E-state index contributed by atoms with van der Waals surface area (Å²) in [6.45, 7) is 6.02. The van der Waals surface area contributed by atoms with Crippen LogP contribution in [0.1, 0.15) is 6.92 Å². The van der Waals surface area contributed by atoms with Crippen molar-refractivity contribution in [1.82, 2.24) is 19.3 Å². The van der Waals surface area contributed by atoms with E-state index in [9.17, 15) is 13.2 Å². The molecule has 0 bridgehead atoms. The molecular weight excluding hydrogens is 430 g/mol. The highest BCUT2D eigenvalue weighted by molar-refractivity contribution is 7.91. The lowest BCUT2D eigenvalue weighted by Crippen LogP contribution is -2.48. The first-order valence-electron chi connectivity index (χ1n) is 9.57. The number of nitrogens with one attached hydrogen (secondary N) is 1. The number of thiazole rings is 1. The number of rotatable bonds is 5. The van der Waals surface area contributed by atoms with E-state index in [2.05, 4.69) is 30.1 Å². The minimum Gasteiger partial charge on any atom is -0.378 e. The van der Waals surface area contributed by atoms with Gasteiger partial charge in [-0.3, -0.25) is 4.79 Å². The molecule has 2 aliphatic heterocycles. The summed E-state index contributed by atoms with van der Waals surface area (Å²) in [4.78, 5) is 28.1. The van der Waals surface area contributed by atoms with Gasteiger partial charge in [0.05, 0.1) is 19.4 Å². The third-order valence-electron chi connectivity index (χ3n) is 4.90. The standard InChI is InChI=1S/C17H23N7O4S2/c1-13(25)21-17-18-11-16(29-17)30(26,27)24-4-2-22(3-5-24)14-10-15(20-12-19-14)23-6-8-28-9-7-23/h10-12H,2-9H2,1H3,(H,18,21,25). The Morgan fingerprint density at radius 2 is 1.67 bits per heavy atom. The van der Waals surface area contributed by atoms with Crippen LogP contribution < -0.4 is 15.1 Å². The van der Waals surface area contributed by atoms with Crippen LogP contribution in [0.4, 0.5) is 16.8 Å². The number of morpholine rings is 1. The fraction of sp³-hybridized carbons (Fsp3) is 0.529. The topological polar surface area (TPSA) is 121 Å². The van der Waals surface area contributed by atoms with Gasteiger partial charge >= 0.3 is 0 Å². The van der Waals surface area contributed by atoms with Crippen molar-refractivity contribution in [2.75, 3.05) is 67.6 Å². The number of sulfonamides is 1. The number of aromatic nitrogens is 3. The van der Waals surface area contributed by atoms with E-state index in [1.807, 2.05) is 6.07 Å². The van der Waals surface area contributed by atoms with Gasteiger partial charge in [-0.1, -0.05) is 11.3 Å². The number of anilines is 3. The van der Waals surface area contributed by atoms with Crippen molar-refractivity contribution in [1.29, 1.82) is 0 Å². The van der Waals surface area contributed by atoms with Crippen molar-refractivity contribution in [3.63, 3.8) is 0 Å². The molecule has 30 heavy (non-hydrogen) atoms. The molecule has 4 heterocycles. The van der Waals surface area contributed by atoms with Gasteiger partial charge in [0.2, 0.25) is 5.91 Å². The van der Waals surface area contributed by atoms with Gasteiger partial charge in [0.25, 0.3) is 10.0 Å². The summed E-state index contributed by atoms with van der Waals surface area (Å²) in [6.07, 6.45) is 2.83. The van der Waals surface area contributed by atoms with E-state index >= 15 is 0 Å². The summed E-state index contributed by atoms with van der Waals surface area (Å²) in [5.74, 6) is 1.35. The van der Waals surface area contributed by atoms with Gasteiger partial charge in [-0.25, -0.2) is 23.4 Å². The number of carbonyl (C=O) groups excluding carboxylic acids is 1. The van der Waals surface area contributed by atoms with Gasteiger partial charge in [0.1, 0.15) is 18.0 Å². The van der Waals surface area contributed by atoms with Crippen molar-refractivity contribution in [2.45, 2.75) is 11.1 Å². The molecular formula is C17H23N7O4S2. The molecule has 0 saturated carbocycles. The maximum Gasteiger partial charge on any atom is 0.254 e. The SMILES string of the molecule is CC(=O)Nc1ncc(S(=O)(=O)N2CCN(c3cc(N4CCOCC4)ncn3)CC2)s1. The normalized spacial score (nSPS) is 18.4. The fourth-order valence-electron chi connectivity index (χ4n) is 3.35. The van der Waals surface area contributed by atoms with Crippen LogP contribution >= 0.6 is 11.3 Å². The van der Waals surface area contributed by atoms with E-state index in [0.717, 1.165) is 36.1 Å². The molecule has 2 fully saturated rings. The molecule has 0 spiro atoms. The summed E-state index contributed by atoms with van der Waals surface area (Å²) in [7, 11) is -3.65. The summed E-state index contributed by atoms with van der Waals surface area (Å²) in [5.41, 5.74) is 0. The molecule has 1 amide bonds. The molecule has 1 N–H and O–H groups in total. The Kier molecular flexibility index (Phi) is 6.13. The molecule has 13 heteroatoms. The molecule has 2 aliphatic rings. The molecule has 0 radical (unpaired) electrons. The number of amides is 1. The first kappa shape index (κ1) is 20.9. The largest absolute Gasteiger partial charge is 0.378 e. The summed E-state index contributed by atoms with van der Waals surface area (Å²) < 4.78 is 32.8. The average Bonchev–Trinajstić information content (AvgIpc) is 3.23. The van der Waals surface area contributed by atoms with Gasteiger partial charge in [-0.2, -0.15) is 4.31 Å². The van der Waals surface area contributed by atoms with E-state index in [-0.39, 0.29) is 15.2 Å². The second-order valence-corrected chi connectivity index (χ2v) is 10.1. The molecule has 2 aromatic heterocycles. The molecule has 0 atom stereocenters. The lowest BCUT2D eigenvalue weighted by atomic mass is 10.3. The molecule has 0 aromatic carbocycles. The molecule has 0 aliphatic carbocycles. The van der Waals surface area contributed by atoms with Crippen LogP contribution in [0.3, 0.4) is 0 Å². The molecule has 162 valence electrons. The quantitative estimate of drug-likeness (QED) is 0.678. The van der Waals surface area contributed by atoms with Gasteiger partial charge in [-0.15, -0.1) is 0 Å². The van der Waals surface area contributed by atoms with Crippen molar-refractivity contribution in [3.8, 4) is 0 Å². The lowest BCUT2D eigenvalue weighted by Gasteiger charge is -2.35. The first-order chi connectivity index (χ1) is 14.4. The Labute approximate surface area is 178 Å². The maximum absolute atomic E-state index is 12.9. The minimum atomic E-state index is -3.65. The van der Waals surface area contributed by atoms with Crippen LogP contribution in [-0.2, 0) is 19.6 Å². The van der Waals surface area contributed by atoms with E-state index < -0.39 is 10.0 Å². The smallest absolute Gasteiger partial charge is 0.254 e. The van der Waals surface area contributed by atoms with E-state index in [1.54, 1.807) is 6.33 Å². The van der Waals surface area contributed by atoms with E-state index in [0.29, 0.717) is 39.4 Å². The van der Waals surface area contributed by atoms with Crippen molar-refractivity contribution < 1.29 is 17.9 Å². The molecule has 0 unspecified atom stereocenters. The van der Waals surface area contributed by atoms with Crippen molar-refractivity contribution >= 4 is 44.0 Å². The number of nitrogens with zero attached hydrogens (tertiary/aromatic N) is 6. The van der Waals surface area contributed by atoms with Gasteiger partial charge in [0, 0.05) is 52.3 Å². The van der Waals surface area contributed by atoms with Gasteiger partial charge in [0.15, 0.2) is 9.34 Å². The van der Waals surface area contributed by atoms with Crippen LogP contribution in [0.15, 0.2) is 22.8 Å². The Bertz CT molecular complexity index is 999. The van der Waals surface area contributed by atoms with Crippen LogP contribution in [0, 0.1) is 0 Å². The predicted octanol–water partition coefficient (Wildman–Crippen LogP) is 0.239. The molecule has 2 saturated heterocycles. The third kappa shape index (κ3) is 4.53.